The molecule has 0 amide bonds. The number of rotatable bonds is 2. The van der Waals surface area contributed by atoms with Crippen molar-refractivity contribution >= 4 is 0 Å². The van der Waals surface area contributed by atoms with E-state index in [1.165, 1.54) is 0 Å². The SMILES string of the molecule is C#CCNC1(C#N)CC(C)(C)CC1C. The van der Waals surface area contributed by atoms with E-state index in [0.717, 1.165) is 12.8 Å². The van der Waals surface area contributed by atoms with Crippen LogP contribution in [0.2, 0.25) is 0 Å². The van der Waals surface area contributed by atoms with Crippen LogP contribution in [0, 0.1) is 35.0 Å². The molecule has 0 aromatic rings. The molecule has 2 heteroatoms. The molecule has 2 nitrogen and oxygen atoms in total. The topological polar surface area (TPSA) is 35.8 Å². The molecule has 1 rings (SSSR count). The van der Waals surface area contributed by atoms with Crippen LogP contribution in [0.4, 0.5) is 0 Å². The summed E-state index contributed by atoms with van der Waals surface area (Å²) < 4.78 is 0. The fourth-order valence-corrected chi connectivity index (χ4v) is 2.64. The minimum Gasteiger partial charge on any atom is -0.288 e. The zero-order valence-corrected chi connectivity index (χ0v) is 9.22. The van der Waals surface area contributed by atoms with Crippen molar-refractivity contribution in [2.75, 3.05) is 6.54 Å². The van der Waals surface area contributed by atoms with Gasteiger partial charge in [0.1, 0.15) is 5.54 Å². The van der Waals surface area contributed by atoms with Crippen molar-refractivity contribution in [1.29, 1.82) is 5.26 Å². The van der Waals surface area contributed by atoms with Gasteiger partial charge in [-0.2, -0.15) is 5.26 Å². The van der Waals surface area contributed by atoms with Crippen molar-refractivity contribution in [3.05, 3.63) is 0 Å². The molecule has 1 saturated carbocycles. The van der Waals surface area contributed by atoms with Gasteiger partial charge in [0, 0.05) is 0 Å². The zero-order chi connectivity index (χ0) is 10.8. The van der Waals surface area contributed by atoms with Gasteiger partial charge in [0.15, 0.2) is 0 Å². The molecule has 0 bridgehead atoms. The summed E-state index contributed by atoms with van der Waals surface area (Å²) in [5, 5.41) is 12.5. The smallest absolute Gasteiger partial charge is 0.110 e. The van der Waals surface area contributed by atoms with Crippen LogP contribution in [0.15, 0.2) is 0 Å². The monoisotopic (exact) mass is 190 g/mol. The molecule has 2 atom stereocenters. The van der Waals surface area contributed by atoms with E-state index in [0.29, 0.717) is 12.5 Å². The Balaban J connectivity index is 2.82. The van der Waals surface area contributed by atoms with Crippen molar-refractivity contribution in [1.82, 2.24) is 5.32 Å². The summed E-state index contributed by atoms with van der Waals surface area (Å²) in [6.07, 6.45) is 7.18. The molecule has 1 aliphatic rings. The molecule has 1 aliphatic carbocycles. The van der Waals surface area contributed by atoms with E-state index in [1.54, 1.807) is 0 Å². The van der Waals surface area contributed by atoms with Crippen molar-refractivity contribution in [2.24, 2.45) is 11.3 Å². The Hall–Kier alpha value is -0.990. The van der Waals surface area contributed by atoms with E-state index < -0.39 is 5.54 Å². The Kier molecular flexibility index (Phi) is 2.88. The fourth-order valence-electron chi connectivity index (χ4n) is 2.64. The molecule has 0 aliphatic heterocycles. The Bertz CT molecular complexity index is 292. The van der Waals surface area contributed by atoms with Gasteiger partial charge in [-0.3, -0.25) is 5.32 Å². The summed E-state index contributed by atoms with van der Waals surface area (Å²) in [6, 6.07) is 2.41. The maximum Gasteiger partial charge on any atom is 0.110 e. The minimum atomic E-state index is -0.407. The molecule has 0 saturated heterocycles. The highest BCUT2D eigenvalue weighted by molar-refractivity contribution is 5.17. The van der Waals surface area contributed by atoms with Crippen molar-refractivity contribution in [3.63, 3.8) is 0 Å². The molecule has 76 valence electrons. The van der Waals surface area contributed by atoms with Gasteiger partial charge in [0.2, 0.25) is 0 Å². The second kappa shape index (κ2) is 3.64. The normalized spacial score (nSPS) is 34.8. The van der Waals surface area contributed by atoms with E-state index >= 15 is 0 Å². The second-order valence-electron chi connectivity index (χ2n) is 5.09. The van der Waals surface area contributed by atoms with Gasteiger partial charge in [0.25, 0.3) is 0 Å². The number of nitrogens with zero attached hydrogens (tertiary/aromatic N) is 1. The lowest BCUT2D eigenvalue weighted by Gasteiger charge is -2.27. The Morgan fingerprint density at radius 3 is 2.57 bits per heavy atom. The zero-order valence-electron chi connectivity index (χ0n) is 9.22. The van der Waals surface area contributed by atoms with Crippen LogP contribution >= 0.6 is 0 Å². The lowest BCUT2D eigenvalue weighted by molar-refractivity contribution is 0.333. The first-order chi connectivity index (χ1) is 6.46. The standard InChI is InChI=1S/C12H18N2/c1-5-6-14-12(9-13)8-11(3,4)7-10(12)2/h1,10,14H,6-8H2,2-4H3. The van der Waals surface area contributed by atoms with Gasteiger partial charge < -0.3 is 0 Å². The van der Waals surface area contributed by atoms with E-state index in [-0.39, 0.29) is 5.41 Å². The Labute approximate surface area is 86.7 Å². The van der Waals surface area contributed by atoms with Crippen molar-refractivity contribution in [3.8, 4) is 18.4 Å². The van der Waals surface area contributed by atoms with Gasteiger partial charge in [-0.25, -0.2) is 0 Å². The van der Waals surface area contributed by atoms with Gasteiger partial charge in [0.05, 0.1) is 12.6 Å². The van der Waals surface area contributed by atoms with Gasteiger partial charge in [-0.1, -0.05) is 26.7 Å². The van der Waals surface area contributed by atoms with Gasteiger partial charge >= 0.3 is 0 Å². The van der Waals surface area contributed by atoms with E-state index in [2.05, 4.69) is 38.1 Å². The van der Waals surface area contributed by atoms with Crippen LogP contribution in [0.5, 0.6) is 0 Å². The van der Waals surface area contributed by atoms with Crippen LogP contribution < -0.4 is 5.32 Å². The third kappa shape index (κ3) is 1.91. The molecule has 0 radical (unpaired) electrons. The highest BCUT2D eigenvalue weighted by atomic mass is 15.0. The summed E-state index contributed by atoms with van der Waals surface area (Å²) in [5.74, 6) is 2.91. The van der Waals surface area contributed by atoms with Crippen LogP contribution in [0.1, 0.15) is 33.6 Å². The number of terminal acetylenes is 1. The fraction of sp³-hybridized carbons (Fsp3) is 0.750. The Morgan fingerprint density at radius 1 is 1.57 bits per heavy atom. The molecule has 2 unspecified atom stereocenters. The quantitative estimate of drug-likeness (QED) is 0.675. The first-order valence-electron chi connectivity index (χ1n) is 5.05. The second-order valence-corrected chi connectivity index (χ2v) is 5.09. The number of hydrogen-bond acceptors (Lipinski definition) is 2. The summed E-state index contributed by atoms with van der Waals surface area (Å²) in [5.41, 5.74) is -0.160. The Morgan fingerprint density at radius 2 is 2.21 bits per heavy atom. The summed E-state index contributed by atoms with van der Waals surface area (Å²) in [7, 11) is 0. The number of nitriles is 1. The average molecular weight is 190 g/mol. The van der Waals surface area contributed by atoms with E-state index in [4.69, 9.17) is 6.42 Å². The highest BCUT2D eigenvalue weighted by Gasteiger charge is 2.48. The molecule has 0 aromatic heterocycles. The molecule has 0 spiro atoms. The van der Waals surface area contributed by atoms with Gasteiger partial charge in [-0.05, 0) is 24.2 Å². The molecule has 0 aromatic carbocycles. The molecule has 1 fully saturated rings. The summed E-state index contributed by atoms with van der Waals surface area (Å²) >= 11 is 0. The van der Waals surface area contributed by atoms with Crippen molar-refractivity contribution in [2.45, 2.75) is 39.2 Å². The summed E-state index contributed by atoms with van der Waals surface area (Å²) in [4.78, 5) is 0. The molecule has 1 N–H and O–H groups in total. The van der Waals surface area contributed by atoms with Crippen molar-refractivity contribution < 1.29 is 0 Å². The predicted octanol–water partition coefficient (Wildman–Crippen LogP) is 1.93. The third-order valence-electron chi connectivity index (χ3n) is 3.16. The molecule has 14 heavy (non-hydrogen) atoms. The van der Waals surface area contributed by atoms with E-state index in [1.807, 2.05) is 0 Å². The molecule has 0 heterocycles. The van der Waals surface area contributed by atoms with Gasteiger partial charge in [-0.15, -0.1) is 6.42 Å². The van der Waals surface area contributed by atoms with Crippen LogP contribution in [0.3, 0.4) is 0 Å². The average Bonchev–Trinajstić information content (AvgIpc) is 2.33. The minimum absolute atomic E-state index is 0.247. The maximum atomic E-state index is 9.26. The van der Waals surface area contributed by atoms with E-state index in [9.17, 15) is 5.26 Å². The largest absolute Gasteiger partial charge is 0.288 e. The number of nitrogens with one attached hydrogen (secondary N) is 1. The third-order valence-corrected chi connectivity index (χ3v) is 3.16. The molecular formula is C12H18N2. The first kappa shape index (κ1) is 11.1. The lowest BCUT2D eigenvalue weighted by Crippen LogP contribution is -2.46. The molecular weight excluding hydrogens is 172 g/mol. The summed E-state index contributed by atoms with van der Waals surface area (Å²) in [6.45, 7) is 7.02. The predicted molar refractivity (Wildman–Crippen MR) is 57.4 cm³/mol. The number of hydrogen-bond donors (Lipinski definition) is 1. The van der Waals surface area contributed by atoms with Crippen LogP contribution in [0.25, 0.3) is 0 Å². The lowest BCUT2D eigenvalue weighted by atomic mass is 9.87. The maximum absolute atomic E-state index is 9.26. The first-order valence-corrected chi connectivity index (χ1v) is 5.05. The van der Waals surface area contributed by atoms with Crippen LogP contribution in [-0.2, 0) is 0 Å². The van der Waals surface area contributed by atoms with Crippen LogP contribution in [-0.4, -0.2) is 12.1 Å². The highest BCUT2D eigenvalue weighted by Crippen LogP contribution is 2.46.